The summed E-state index contributed by atoms with van der Waals surface area (Å²) in [5.41, 5.74) is 8.57. The van der Waals surface area contributed by atoms with Crippen molar-refractivity contribution in [3.05, 3.63) is 68.6 Å². The van der Waals surface area contributed by atoms with Crippen LogP contribution in [0.1, 0.15) is 17.2 Å². The van der Waals surface area contributed by atoms with E-state index >= 15 is 0 Å². The smallest absolute Gasteiger partial charge is 0.0467 e. The lowest BCUT2D eigenvalue weighted by Crippen LogP contribution is -2.32. The third-order valence-electron chi connectivity index (χ3n) is 3.63. The van der Waals surface area contributed by atoms with Crippen molar-refractivity contribution >= 4 is 31.9 Å². The Bertz CT molecular complexity index is 587. The fraction of sp³-hybridized carbons (Fsp3) is 0.294. The van der Waals surface area contributed by atoms with Crippen molar-refractivity contribution in [1.29, 1.82) is 0 Å². The largest absolute Gasteiger partial charge is 0.329 e. The number of likely N-dealkylation sites (N-methyl/N-ethyl adjacent to an activating group) is 1. The Hall–Kier alpha value is -0.680. The van der Waals surface area contributed by atoms with Gasteiger partial charge in [-0.1, -0.05) is 56.1 Å². The SMILES string of the molecule is CN(CCc1cccc(Br)c1)C(CN)c1cccc(Br)c1. The van der Waals surface area contributed by atoms with Crippen molar-refractivity contribution in [2.24, 2.45) is 5.73 Å². The second kappa shape index (κ2) is 8.08. The van der Waals surface area contributed by atoms with Gasteiger partial charge in [0.2, 0.25) is 0 Å². The molecule has 2 N–H and O–H groups in total. The lowest BCUT2D eigenvalue weighted by atomic mass is 10.0. The van der Waals surface area contributed by atoms with Gasteiger partial charge < -0.3 is 5.73 Å². The van der Waals surface area contributed by atoms with Crippen LogP contribution in [0, 0.1) is 0 Å². The molecule has 0 heterocycles. The normalized spacial score (nSPS) is 12.6. The highest BCUT2D eigenvalue weighted by Crippen LogP contribution is 2.22. The third kappa shape index (κ3) is 4.92. The molecule has 4 heteroatoms. The average molecular weight is 412 g/mol. The van der Waals surface area contributed by atoms with Gasteiger partial charge >= 0.3 is 0 Å². The molecule has 0 saturated carbocycles. The molecule has 21 heavy (non-hydrogen) atoms. The standard InChI is InChI=1S/C17H20Br2N2/c1-21(9-8-13-4-2-6-15(18)10-13)17(12-20)14-5-3-7-16(19)11-14/h2-7,10-11,17H,8-9,12,20H2,1H3. The Kier molecular flexibility index (Phi) is 6.42. The molecule has 0 radical (unpaired) electrons. The summed E-state index contributed by atoms with van der Waals surface area (Å²) in [7, 11) is 2.14. The van der Waals surface area contributed by atoms with Gasteiger partial charge in [-0.2, -0.15) is 0 Å². The highest BCUT2D eigenvalue weighted by Gasteiger charge is 2.15. The first kappa shape index (κ1) is 16.7. The van der Waals surface area contributed by atoms with Crippen molar-refractivity contribution in [3.8, 4) is 0 Å². The summed E-state index contributed by atoms with van der Waals surface area (Å²) < 4.78 is 2.23. The molecule has 2 rings (SSSR count). The molecule has 0 bridgehead atoms. The Balaban J connectivity index is 2.02. The molecule has 1 unspecified atom stereocenters. The van der Waals surface area contributed by atoms with Crippen molar-refractivity contribution in [2.75, 3.05) is 20.1 Å². The van der Waals surface area contributed by atoms with Gasteiger partial charge in [0, 0.05) is 28.1 Å². The summed E-state index contributed by atoms with van der Waals surface area (Å²) in [4.78, 5) is 2.32. The minimum atomic E-state index is 0.245. The monoisotopic (exact) mass is 410 g/mol. The molecule has 0 aliphatic carbocycles. The van der Waals surface area contributed by atoms with E-state index in [0.717, 1.165) is 21.9 Å². The van der Waals surface area contributed by atoms with Crippen LogP contribution in [0.25, 0.3) is 0 Å². The lowest BCUT2D eigenvalue weighted by molar-refractivity contribution is 0.253. The first-order chi connectivity index (χ1) is 10.1. The van der Waals surface area contributed by atoms with Crippen LogP contribution in [0.15, 0.2) is 57.5 Å². The summed E-state index contributed by atoms with van der Waals surface area (Å²) in [6, 6.07) is 17.1. The molecule has 0 saturated heterocycles. The van der Waals surface area contributed by atoms with Crippen molar-refractivity contribution in [1.82, 2.24) is 4.90 Å². The summed E-state index contributed by atoms with van der Waals surface area (Å²) in [6.07, 6.45) is 1.01. The quantitative estimate of drug-likeness (QED) is 0.763. The van der Waals surface area contributed by atoms with Crippen LogP contribution in [0.4, 0.5) is 0 Å². The first-order valence-corrected chi connectivity index (χ1v) is 8.59. The number of benzene rings is 2. The second-order valence-corrected chi connectivity index (χ2v) is 7.00. The molecule has 0 spiro atoms. The zero-order chi connectivity index (χ0) is 15.2. The number of hydrogen-bond donors (Lipinski definition) is 1. The van der Waals surface area contributed by atoms with Gasteiger partial charge in [0.15, 0.2) is 0 Å². The molecule has 0 fully saturated rings. The van der Waals surface area contributed by atoms with Crippen LogP contribution in [-0.4, -0.2) is 25.0 Å². The maximum absolute atomic E-state index is 5.98. The van der Waals surface area contributed by atoms with Gasteiger partial charge in [0.25, 0.3) is 0 Å². The molecule has 2 aromatic rings. The fourth-order valence-corrected chi connectivity index (χ4v) is 3.30. The second-order valence-electron chi connectivity index (χ2n) is 5.17. The van der Waals surface area contributed by atoms with E-state index in [0.29, 0.717) is 6.54 Å². The number of hydrogen-bond acceptors (Lipinski definition) is 2. The van der Waals surface area contributed by atoms with E-state index < -0.39 is 0 Å². The van der Waals surface area contributed by atoms with E-state index in [4.69, 9.17) is 5.73 Å². The van der Waals surface area contributed by atoms with Crippen LogP contribution >= 0.6 is 31.9 Å². The summed E-state index contributed by atoms with van der Waals surface area (Å²) >= 11 is 7.05. The van der Waals surface area contributed by atoms with Gasteiger partial charge in [0.1, 0.15) is 0 Å². The molecule has 0 aliphatic heterocycles. The number of halogens is 2. The lowest BCUT2D eigenvalue weighted by Gasteiger charge is -2.27. The Morgan fingerprint density at radius 2 is 1.71 bits per heavy atom. The minimum Gasteiger partial charge on any atom is -0.329 e. The summed E-state index contributed by atoms with van der Waals surface area (Å²) in [5.74, 6) is 0. The van der Waals surface area contributed by atoms with Gasteiger partial charge in [-0.15, -0.1) is 0 Å². The molecule has 112 valence electrons. The van der Waals surface area contributed by atoms with Crippen LogP contribution in [-0.2, 0) is 6.42 Å². The van der Waals surface area contributed by atoms with Crippen LogP contribution < -0.4 is 5.73 Å². The van der Waals surface area contributed by atoms with Gasteiger partial charge in [-0.3, -0.25) is 4.90 Å². The molecular formula is C17H20Br2N2. The van der Waals surface area contributed by atoms with Crippen LogP contribution in [0.2, 0.25) is 0 Å². The van der Waals surface area contributed by atoms with E-state index in [9.17, 15) is 0 Å². The Morgan fingerprint density at radius 3 is 2.33 bits per heavy atom. The Morgan fingerprint density at radius 1 is 1.05 bits per heavy atom. The summed E-state index contributed by atoms with van der Waals surface area (Å²) in [6.45, 7) is 1.59. The highest BCUT2D eigenvalue weighted by atomic mass is 79.9. The number of rotatable bonds is 6. The number of nitrogens with zero attached hydrogens (tertiary/aromatic N) is 1. The van der Waals surface area contributed by atoms with Crippen molar-refractivity contribution in [2.45, 2.75) is 12.5 Å². The highest BCUT2D eigenvalue weighted by molar-refractivity contribution is 9.10. The van der Waals surface area contributed by atoms with Gasteiger partial charge in [0.05, 0.1) is 0 Å². The zero-order valence-electron chi connectivity index (χ0n) is 12.1. The van der Waals surface area contributed by atoms with E-state index in [2.05, 4.69) is 86.3 Å². The van der Waals surface area contributed by atoms with E-state index in [1.165, 1.54) is 11.1 Å². The predicted octanol–water partition coefficient (Wildman–Crippen LogP) is 4.39. The minimum absolute atomic E-state index is 0.245. The Labute approximate surface area is 143 Å². The maximum atomic E-state index is 5.98. The molecule has 1 atom stereocenters. The number of nitrogens with two attached hydrogens (primary N) is 1. The molecule has 0 aliphatic rings. The van der Waals surface area contributed by atoms with Crippen LogP contribution in [0.5, 0.6) is 0 Å². The zero-order valence-corrected chi connectivity index (χ0v) is 15.3. The summed E-state index contributed by atoms with van der Waals surface area (Å²) in [5, 5.41) is 0. The molecule has 0 amide bonds. The molecule has 0 aromatic heterocycles. The molecule has 2 aromatic carbocycles. The van der Waals surface area contributed by atoms with E-state index in [1.54, 1.807) is 0 Å². The third-order valence-corrected chi connectivity index (χ3v) is 4.62. The van der Waals surface area contributed by atoms with Crippen molar-refractivity contribution < 1.29 is 0 Å². The predicted molar refractivity (Wildman–Crippen MR) is 96.4 cm³/mol. The maximum Gasteiger partial charge on any atom is 0.0467 e. The topological polar surface area (TPSA) is 29.3 Å². The fourth-order valence-electron chi connectivity index (χ4n) is 2.44. The van der Waals surface area contributed by atoms with Crippen molar-refractivity contribution in [3.63, 3.8) is 0 Å². The first-order valence-electron chi connectivity index (χ1n) is 7.00. The molecular weight excluding hydrogens is 392 g/mol. The van der Waals surface area contributed by atoms with Gasteiger partial charge in [-0.25, -0.2) is 0 Å². The van der Waals surface area contributed by atoms with Crippen LogP contribution in [0.3, 0.4) is 0 Å². The van der Waals surface area contributed by atoms with E-state index in [1.807, 2.05) is 6.07 Å². The average Bonchev–Trinajstić information content (AvgIpc) is 2.46. The van der Waals surface area contributed by atoms with Gasteiger partial charge in [-0.05, 0) is 48.9 Å². The molecule has 2 nitrogen and oxygen atoms in total. The van der Waals surface area contributed by atoms with E-state index in [-0.39, 0.29) is 6.04 Å².